The molecule has 90 valence electrons. The molecule has 0 aromatic rings. The van der Waals surface area contributed by atoms with Crippen LogP contribution in [0.2, 0.25) is 0 Å². The summed E-state index contributed by atoms with van der Waals surface area (Å²) >= 11 is 0. The fourth-order valence-electron chi connectivity index (χ4n) is 2.34. The molecule has 0 aliphatic heterocycles. The van der Waals surface area contributed by atoms with Crippen LogP contribution in [0.5, 0.6) is 0 Å². The number of nitrogens with zero attached hydrogens (tertiary/aromatic N) is 1. The summed E-state index contributed by atoms with van der Waals surface area (Å²) in [6.45, 7) is 9.15. The molecule has 0 radical (unpaired) electrons. The molecule has 0 heterocycles. The zero-order valence-corrected chi connectivity index (χ0v) is 10.9. The van der Waals surface area contributed by atoms with Gasteiger partial charge in [0.15, 0.2) is 0 Å². The van der Waals surface area contributed by atoms with E-state index in [2.05, 4.69) is 38.0 Å². The zero-order valence-electron chi connectivity index (χ0n) is 10.9. The predicted molar refractivity (Wildman–Crippen MR) is 67.2 cm³/mol. The summed E-state index contributed by atoms with van der Waals surface area (Å²) in [5.41, 5.74) is 0. The Morgan fingerprint density at radius 2 is 1.80 bits per heavy atom. The van der Waals surface area contributed by atoms with E-state index in [1.165, 1.54) is 32.2 Å². The first-order chi connectivity index (χ1) is 7.09. The van der Waals surface area contributed by atoms with E-state index < -0.39 is 0 Å². The van der Waals surface area contributed by atoms with Crippen LogP contribution in [0.25, 0.3) is 0 Å². The van der Waals surface area contributed by atoms with Crippen LogP contribution in [0, 0.1) is 5.92 Å². The lowest BCUT2D eigenvalue weighted by molar-refractivity contribution is 0.212. The van der Waals surface area contributed by atoms with Crippen LogP contribution in [0.4, 0.5) is 0 Å². The lowest BCUT2D eigenvalue weighted by Crippen LogP contribution is -2.41. The van der Waals surface area contributed by atoms with E-state index in [4.69, 9.17) is 0 Å². The molecule has 1 saturated carbocycles. The van der Waals surface area contributed by atoms with Gasteiger partial charge in [-0.15, -0.1) is 0 Å². The van der Waals surface area contributed by atoms with Crippen LogP contribution < -0.4 is 5.32 Å². The van der Waals surface area contributed by atoms with Crippen LogP contribution >= 0.6 is 0 Å². The van der Waals surface area contributed by atoms with E-state index in [0.717, 1.165) is 12.5 Å². The maximum absolute atomic E-state index is 3.51. The van der Waals surface area contributed by atoms with Crippen molar-refractivity contribution < 1.29 is 0 Å². The molecule has 0 saturated heterocycles. The molecule has 2 heteroatoms. The number of nitrogens with one attached hydrogen (secondary N) is 1. The van der Waals surface area contributed by atoms with Crippen LogP contribution in [0.15, 0.2) is 0 Å². The van der Waals surface area contributed by atoms with E-state index in [1.807, 2.05) is 0 Å². The maximum atomic E-state index is 3.51. The SMILES string of the molecule is CC(C)NCC(C)N(C)CC1CCCC1. The second-order valence-corrected chi connectivity index (χ2v) is 5.50. The second kappa shape index (κ2) is 6.49. The van der Waals surface area contributed by atoms with Gasteiger partial charge in [-0.1, -0.05) is 26.7 Å². The van der Waals surface area contributed by atoms with Gasteiger partial charge >= 0.3 is 0 Å². The van der Waals surface area contributed by atoms with Crippen molar-refractivity contribution in [3.63, 3.8) is 0 Å². The van der Waals surface area contributed by atoms with Gasteiger partial charge in [0.25, 0.3) is 0 Å². The highest BCUT2D eigenvalue weighted by Gasteiger charge is 2.19. The van der Waals surface area contributed by atoms with Crippen molar-refractivity contribution in [1.82, 2.24) is 10.2 Å². The molecule has 15 heavy (non-hydrogen) atoms. The zero-order chi connectivity index (χ0) is 11.3. The first-order valence-electron chi connectivity index (χ1n) is 6.53. The average Bonchev–Trinajstić information content (AvgIpc) is 2.66. The second-order valence-electron chi connectivity index (χ2n) is 5.50. The maximum Gasteiger partial charge on any atom is 0.0189 e. The van der Waals surface area contributed by atoms with Crippen molar-refractivity contribution in [2.75, 3.05) is 20.1 Å². The smallest absolute Gasteiger partial charge is 0.0189 e. The van der Waals surface area contributed by atoms with Gasteiger partial charge in [0.05, 0.1) is 0 Å². The normalized spacial score (nSPS) is 20.4. The Balaban J connectivity index is 2.16. The number of rotatable bonds is 6. The largest absolute Gasteiger partial charge is 0.313 e. The van der Waals surface area contributed by atoms with Crippen molar-refractivity contribution >= 4 is 0 Å². The van der Waals surface area contributed by atoms with Gasteiger partial charge in [-0.05, 0) is 32.7 Å². The van der Waals surface area contributed by atoms with Gasteiger partial charge in [-0.25, -0.2) is 0 Å². The van der Waals surface area contributed by atoms with Crippen LogP contribution in [-0.2, 0) is 0 Å². The molecule has 1 fully saturated rings. The molecule has 0 amide bonds. The lowest BCUT2D eigenvalue weighted by Gasteiger charge is -2.28. The highest BCUT2D eigenvalue weighted by Crippen LogP contribution is 2.25. The topological polar surface area (TPSA) is 15.3 Å². The molecule has 0 aromatic carbocycles. The van der Waals surface area contributed by atoms with Gasteiger partial charge in [-0.3, -0.25) is 0 Å². The number of likely N-dealkylation sites (N-methyl/N-ethyl adjacent to an activating group) is 1. The summed E-state index contributed by atoms with van der Waals surface area (Å²) in [4.78, 5) is 2.52. The molecule has 0 bridgehead atoms. The van der Waals surface area contributed by atoms with Crippen LogP contribution in [-0.4, -0.2) is 37.1 Å². The highest BCUT2D eigenvalue weighted by atomic mass is 15.1. The molecular formula is C13H28N2. The molecule has 0 aromatic heterocycles. The van der Waals surface area contributed by atoms with E-state index in [9.17, 15) is 0 Å². The third kappa shape index (κ3) is 4.98. The Bertz CT molecular complexity index is 162. The third-order valence-electron chi connectivity index (χ3n) is 3.59. The van der Waals surface area contributed by atoms with Crippen LogP contribution in [0.1, 0.15) is 46.5 Å². The Morgan fingerprint density at radius 3 is 2.33 bits per heavy atom. The predicted octanol–water partition coefficient (Wildman–Crippen LogP) is 2.49. The van der Waals surface area contributed by atoms with Crippen molar-refractivity contribution in [3.05, 3.63) is 0 Å². The minimum Gasteiger partial charge on any atom is -0.313 e. The van der Waals surface area contributed by atoms with Crippen molar-refractivity contribution in [2.45, 2.75) is 58.5 Å². The van der Waals surface area contributed by atoms with Gasteiger partial charge < -0.3 is 10.2 Å². The molecule has 1 aliphatic carbocycles. The fourth-order valence-corrected chi connectivity index (χ4v) is 2.34. The van der Waals surface area contributed by atoms with E-state index >= 15 is 0 Å². The molecule has 1 atom stereocenters. The lowest BCUT2D eigenvalue weighted by atomic mass is 10.1. The molecule has 1 N–H and O–H groups in total. The molecule has 1 aliphatic rings. The third-order valence-corrected chi connectivity index (χ3v) is 3.59. The number of hydrogen-bond donors (Lipinski definition) is 1. The summed E-state index contributed by atoms with van der Waals surface area (Å²) in [6, 6.07) is 1.26. The Kier molecular flexibility index (Phi) is 5.62. The van der Waals surface area contributed by atoms with Crippen molar-refractivity contribution in [2.24, 2.45) is 5.92 Å². The Morgan fingerprint density at radius 1 is 1.20 bits per heavy atom. The summed E-state index contributed by atoms with van der Waals surface area (Å²) < 4.78 is 0. The summed E-state index contributed by atoms with van der Waals surface area (Å²) in [6.07, 6.45) is 5.82. The van der Waals surface area contributed by atoms with Crippen molar-refractivity contribution in [3.8, 4) is 0 Å². The standard InChI is InChI=1S/C13H28N2/c1-11(2)14-9-12(3)15(4)10-13-7-5-6-8-13/h11-14H,5-10H2,1-4H3. The van der Waals surface area contributed by atoms with E-state index in [-0.39, 0.29) is 0 Å². The quantitative estimate of drug-likeness (QED) is 0.728. The molecule has 0 spiro atoms. The first kappa shape index (κ1) is 13.0. The Labute approximate surface area is 95.4 Å². The van der Waals surface area contributed by atoms with E-state index in [0.29, 0.717) is 12.1 Å². The van der Waals surface area contributed by atoms with Crippen molar-refractivity contribution in [1.29, 1.82) is 0 Å². The first-order valence-corrected chi connectivity index (χ1v) is 6.53. The minimum absolute atomic E-state index is 0.604. The molecule has 1 rings (SSSR count). The summed E-state index contributed by atoms with van der Waals surface area (Å²) in [7, 11) is 2.27. The minimum atomic E-state index is 0.604. The summed E-state index contributed by atoms with van der Waals surface area (Å²) in [5, 5.41) is 3.51. The molecule has 2 nitrogen and oxygen atoms in total. The molecule has 1 unspecified atom stereocenters. The van der Waals surface area contributed by atoms with E-state index in [1.54, 1.807) is 0 Å². The van der Waals surface area contributed by atoms with Gasteiger partial charge in [0.1, 0.15) is 0 Å². The van der Waals surface area contributed by atoms with Gasteiger partial charge in [0, 0.05) is 25.2 Å². The van der Waals surface area contributed by atoms with Crippen LogP contribution in [0.3, 0.4) is 0 Å². The van der Waals surface area contributed by atoms with Gasteiger partial charge in [-0.2, -0.15) is 0 Å². The van der Waals surface area contributed by atoms with Gasteiger partial charge in [0.2, 0.25) is 0 Å². The fraction of sp³-hybridized carbons (Fsp3) is 1.00. The monoisotopic (exact) mass is 212 g/mol. The average molecular weight is 212 g/mol. The number of hydrogen-bond acceptors (Lipinski definition) is 2. The summed E-state index contributed by atoms with van der Waals surface area (Å²) in [5.74, 6) is 0.969. The molecular weight excluding hydrogens is 184 g/mol. The highest BCUT2D eigenvalue weighted by molar-refractivity contribution is 4.74. The Hall–Kier alpha value is -0.0800.